The molecule has 0 spiro atoms. The largest absolute Gasteiger partial charge is 0.404 e. The first-order valence-corrected chi connectivity index (χ1v) is 9.12. The minimum Gasteiger partial charge on any atom is -0.404 e. The van der Waals surface area contributed by atoms with E-state index in [2.05, 4.69) is 15.0 Å². The third kappa shape index (κ3) is 4.56. The van der Waals surface area contributed by atoms with Gasteiger partial charge in [-0.15, -0.1) is 0 Å². The minimum atomic E-state index is -2.63. The lowest BCUT2D eigenvalue weighted by Gasteiger charge is -2.32. The standard InChI is InChI=1S/C20H23F2N7/c1-26-11-14(10-23)13-2-3-16(24)15(8-13)19(25)17-9-18(28-12-27-17)29-6-4-20(21,22)5-7-29/h2-3,8-12,25H,4-7,23-24H2,1H3. The summed E-state index contributed by atoms with van der Waals surface area (Å²) >= 11 is 0. The van der Waals surface area contributed by atoms with Crippen molar-refractivity contribution in [2.45, 2.75) is 18.8 Å². The molecule has 0 atom stereocenters. The number of hydrogen-bond donors (Lipinski definition) is 3. The molecule has 0 saturated carbocycles. The van der Waals surface area contributed by atoms with Gasteiger partial charge in [0.1, 0.15) is 12.1 Å². The number of allylic oxidation sites excluding steroid dienone is 1. The number of aliphatic imine (C=N–C) groups is 1. The predicted octanol–water partition coefficient (Wildman–Crippen LogP) is 2.71. The molecule has 0 unspecified atom stereocenters. The number of rotatable bonds is 5. The molecule has 0 amide bonds. The third-order valence-electron chi connectivity index (χ3n) is 4.83. The Labute approximate surface area is 167 Å². The van der Waals surface area contributed by atoms with E-state index in [0.29, 0.717) is 28.3 Å². The molecule has 0 aliphatic carbocycles. The van der Waals surface area contributed by atoms with Gasteiger partial charge in [-0.2, -0.15) is 0 Å². The summed E-state index contributed by atoms with van der Waals surface area (Å²) in [5.74, 6) is -2.12. The molecule has 152 valence electrons. The van der Waals surface area contributed by atoms with Gasteiger partial charge in [-0.05, 0) is 17.7 Å². The SMILES string of the molecule is CN=CC(=CN)c1ccc(N)c(C(=N)c2cc(N3CCC(F)(F)CC3)ncn2)c1. The monoisotopic (exact) mass is 399 g/mol. The maximum atomic E-state index is 13.4. The van der Waals surface area contributed by atoms with Crippen LogP contribution in [0.3, 0.4) is 0 Å². The lowest BCUT2D eigenvalue weighted by Crippen LogP contribution is -2.39. The molecule has 1 fully saturated rings. The number of hydrogen-bond acceptors (Lipinski definition) is 7. The van der Waals surface area contributed by atoms with Crippen LogP contribution in [0.1, 0.15) is 29.7 Å². The van der Waals surface area contributed by atoms with Gasteiger partial charge in [-0.3, -0.25) is 10.4 Å². The second-order valence-electron chi connectivity index (χ2n) is 6.79. The number of nitrogens with one attached hydrogen (secondary N) is 1. The molecular weight excluding hydrogens is 376 g/mol. The van der Waals surface area contributed by atoms with Gasteiger partial charge in [0, 0.05) is 68.3 Å². The normalized spacial score (nSPS) is 16.9. The van der Waals surface area contributed by atoms with Crippen LogP contribution in [0.2, 0.25) is 0 Å². The van der Waals surface area contributed by atoms with Crippen molar-refractivity contribution in [1.82, 2.24) is 9.97 Å². The van der Waals surface area contributed by atoms with Crippen LogP contribution in [0, 0.1) is 5.41 Å². The number of nitrogens with zero attached hydrogens (tertiary/aromatic N) is 4. The van der Waals surface area contributed by atoms with Crippen LogP contribution < -0.4 is 16.4 Å². The van der Waals surface area contributed by atoms with Crippen LogP contribution in [-0.4, -0.2) is 48.0 Å². The lowest BCUT2D eigenvalue weighted by molar-refractivity contribution is -0.0221. The molecule has 3 rings (SSSR count). The number of aromatic nitrogens is 2. The van der Waals surface area contributed by atoms with Crippen molar-refractivity contribution in [3.05, 3.63) is 53.6 Å². The summed E-state index contributed by atoms with van der Waals surface area (Å²) in [6, 6.07) is 6.87. The van der Waals surface area contributed by atoms with Crippen molar-refractivity contribution in [2.24, 2.45) is 10.7 Å². The molecule has 7 nitrogen and oxygen atoms in total. The fourth-order valence-corrected chi connectivity index (χ4v) is 3.16. The molecule has 5 N–H and O–H groups in total. The predicted molar refractivity (Wildman–Crippen MR) is 112 cm³/mol. The van der Waals surface area contributed by atoms with E-state index in [1.165, 1.54) is 12.5 Å². The van der Waals surface area contributed by atoms with Gasteiger partial charge >= 0.3 is 0 Å². The second-order valence-corrected chi connectivity index (χ2v) is 6.79. The molecule has 1 aromatic carbocycles. The Kier molecular flexibility index (Phi) is 5.86. The van der Waals surface area contributed by atoms with Crippen molar-refractivity contribution in [2.75, 3.05) is 30.8 Å². The number of anilines is 2. The van der Waals surface area contributed by atoms with Gasteiger partial charge in [-0.25, -0.2) is 18.7 Å². The zero-order valence-corrected chi connectivity index (χ0v) is 16.1. The van der Waals surface area contributed by atoms with Gasteiger partial charge in [0.25, 0.3) is 5.92 Å². The van der Waals surface area contributed by atoms with E-state index in [0.717, 1.165) is 5.56 Å². The summed E-state index contributed by atoms with van der Waals surface area (Å²) < 4.78 is 26.8. The highest BCUT2D eigenvalue weighted by molar-refractivity contribution is 6.15. The molecule has 29 heavy (non-hydrogen) atoms. The highest BCUT2D eigenvalue weighted by Crippen LogP contribution is 2.30. The maximum absolute atomic E-state index is 13.4. The van der Waals surface area contributed by atoms with Crippen LogP contribution in [-0.2, 0) is 0 Å². The van der Waals surface area contributed by atoms with Crippen molar-refractivity contribution < 1.29 is 8.78 Å². The number of alkyl halides is 2. The van der Waals surface area contributed by atoms with Crippen LogP contribution in [0.4, 0.5) is 20.3 Å². The highest BCUT2D eigenvalue weighted by Gasteiger charge is 2.34. The molecule has 0 bridgehead atoms. The number of halogens is 2. The van der Waals surface area contributed by atoms with E-state index in [1.807, 2.05) is 0 Å². The Hall–Kier alpha value is -3.36. The molecule has 1 saturated heterocycles. The third-order valence-corrected chi connectivity index (χ3v) is 4.83. The van der Waals surface area contributed by atoms with E-state index in [4.69, 9.17) is 16.9 Å². The Morgan fingerprint density at radius 1 is 1.24 bits per heavy atom. The minimum absolute atomic E-state index is 0.111. The van der Waals surface area contributed by atoms with Gasteiger partial charge in [0.05, 0.1) is 11.4 Å². The number of benzene rings is 1. The van der Waals surface area contributed by atoms with Crippen LogP contribution >= 0.6 is 0 Å². The second kappa shape index (κ2) is 8.34. The van der Waals surface area contributed by atoms with Gasteiger partial charge in [0.15, 0.2) is 0 Å². The smallest absolute Gasteiger partial charge is 0.251 e. The van der Waals surface area contributed by atoms with E-state index in [9.17, 15) is 8.78 Å². The molecule has 9 heteroatoms. The van der Waals surface area contributed by atoms with Crippen molar-refractivity contribution in [3.63, 3.8) is 0 Å². The average Bonchev–Trinajstić information content (AvgIpc) is 2.72. The number of piperidine rings is 1. The fourth-order valence-electron chi connectivity index (χ4n) is 3.16. The fraction of sp³-hybridized carbons (Fsp3) is 0.300. The topological polar surface area (TPSA) is 117 Å². The van der Waals surface area contributed by atoms with Crippen molar-refractivity contribution in [3.8, 4) is 0 Å². The van der Waals surface area contributed by atoms with E-state index in [1.54, 1.807) is 42.4 Å². The summed E-state index contributed by atoms with van der Waals surface area (Å²) in [6.45, 7) is 0.408. The first-order valence-electron chi connectivity index (χ1n) is 9.12. The molecular formula is C20H23F2N7. The molecule has 1 aliphatic heterocycles. The molecule has 1 aromatic heterocycles. The lowest BCUT2D eigenvalue weighted by atomic mass is 9.98. The summed E-state index contributed by atoms with van der Waals surface area (Å²) in [6.07, 6.45) is 3.95. The maximum Gasteiger partial charge on any atom is 0.251 e. The van der Waals surface area contributed by atoms with Gasteiger partial charge < -0.3 is 16.4 Å². The van der Waals surface area contributed by atoms with E-state index in [-0.39, 0.29) is 31.6 Å². The first kappa shape index (κ1) is 20.4. The highest BCUT2D eigenvalue weighted by atomic mass is 19.3. The van der Waals surface area contributed by atoms with Gasteiger partial charge in [0.2, 0.25) is 0 Å². The van der Waals surface area contributed by atoms with E-state index >= 15 is 0 Å². The quantitative estimate of drug-likeness (QED) is 0.528. The Balaban J connectivity index is 1.89. The first-order chi connectivity index (χ1) is 13.8. The molecule has 1 aliphatic rings. The Morgan fingerprint density at radius 2 is 1.97 bits per heavy atom. The molecule has 0 radical (unpaired) electrons. The van der Waals surface area contributed by atoms with Crippen molar-refractivity contribution >= 4 is 29.0 Å². The summed E-state index contributed by atoms with van der Waals surface area (Å²) in [5, 5.41) is 8.59. The summed E-state index contributed by atoms with van der Waals surface area (Å²) in [5.41, 5.74) is 14.6. The number of nitrogens with two attached hydrogens (primary N) is 2. The van der Waals surface area contributed by atoms with Gasteiger partial charge in [-0.1, -0.05) is 6.07 Å². The van der Waals surface area contributed by atoms with Crippen LogP contribution in [0.25, 0.3) is 5.57 Å². The Morgan fingerprint density at radius 3 is 2.62 bits per heavy atom. The molecule has 2 aromatic rings. The summed E-state index contributed by atoms with van der Waals surface area (Å²) in [7, 11) is 1.64. The van der Waals surface area contributed by atoms with Crippen LogP contribution in [0.15, 0.2) is 41.8 Å². The van der Waals surface area contributed by atoms with Crippen molar-refractivity contribution in [1.29, 1.82) is 5.41 Å². The zero-order chi connectivity index (χ0) is 21.0. The number of nitrogen functional groups attached to an aromatic ring is 1. The van der Waals surface area contributed by atoms with E-state index < -0.39 is 5.92 Å². The zero-order valence-electron chi connectivity index (χ0n) is 16.1. The molecule has 2 heterocycles. The van der Waals surface area contributed by atoms with Crippen LogP contribution in [0.5, 0.6) is 0 Å². The summed E-state index contributed by atoms with van der Waals surface area (Å²) in [4.78, 5) is 14.1. The average molecular weight is 399 g/mol. The Bertz CT molecular complexity index is 959.